The summed E-state index contributed by atoms with van der Waals surface area (Å²) in [6.45, 7) is 1.35. The van der Waals surface area contributed by atoms with Crippen LogP contribution in [0.5, 0.6) is 0 Å². The fraction of sp³-hybridized carbons (Fsp3) is 0.190. The Kier molecular flexibility index (Phi) is 3.37. The number of aromatic amines is 1. The molecule has 0 radical (unpaired) electrons. The maximum absolute atomic E-state index is 13.2. The Bertz CT molecular complexity index is 1170. The van der Waals surface area contributed by atoms with E-state index in [1.807, 2.05) is 46.8 Å². The van der Waals surface area contributed by atoms with Crippen molar-refractivity contribution in [1.82, 2.24) is 14.5 Å². The molecule has 5 rings (SSSR count). The van der Waals surface area contributed by atoms with Gasteiger partial charge in [-0.15, -0.1) is 0 Å². The number of H-pyrrole nitrogens is 1. The number of carbonyl (C=O) groups excluding carboxylic acids is 1. The molecule has 1 amide bonds. The van der Waals surface area contributed by atoms with Crippen LogP contribution in [0.1, 0.15) is 21.7 Å². The second-order valence-electron chi connectivity index (χ2n) is 6.90. The highest BCUT2D eigenvalue weighted by Gasteiger charge is 2.26. The van der Waals surface area contributed by atoms with Crippen molar-refractivity contribution >= 4 is 39.3 Å². The lowest BCUT2D eigenvalue weighted by Gasteiger charge is -2.27. The van der Waals surface area contributed by atoms with Crippen LogP contribution in [-0.2, 0) is 20.0 Å². The van der Waals surface area contributed by atoms with Gasteiger partial charge in [-0.2, -0.15) is 0 Å². The molecule has 0 spiro atoms. The van der Waals surface area contributed by atoms with Crippen LogP contribution in [0.25, 0.3) is 21.8 Å². The van der Waals surface area contributed by atoms with Gasteiger partial charge < -0.3 is 14.5 Å². The van der Waals surface area contributed by atoms with Crippen LogP contribution in [0, 0.1) is 0 Å². The predicted octanol–water partition coefficient (Wildman–Crippen LogP) is 4.51. The Morgan fingerprint density at radius 1 is 1.15 bits per heavy atom. The summed E-state index contributed by atoms with van der Waals surface area (Å²) in [5.74, 6) is 0.0594. The third-order valence-corrected chi connectivity index (χ3v) is 5.63. The number of carbonyl (C=O) groups is 1. The highest BCUT2D eigenvalue weighted by Crippen LogP contribution is 2.29. The Hall–Kier alpha value is -2.72. The van der Waals surface area contributed by atoms with Gasteiger partial charge in [0, 0.05) is 46.1 Å². The fourth-order valence-electron chi connectivity index (χ4n) is 4.04. The molecule has 4 aromatic rings. The minimum absolute atomic E-state index is 0.0594. The van der Waals surface area contributed by atoms with E-state index in [9.17, 15) is 4.79 Å². The average molecular weight is 364 g/mol. The highest BCUT2D eigenvalue weighted by atomic mass is 35.5. The third kappa shape index (κ3) is 2.26. The predicted molar refractivity (Wildman–Crippen MR) is 105 cm³/mol. The highest BCUT2D eigenvalue weighted by molar-refractivity contribution is 6.31. The zero-order valence-electron chi connectivity index (χ0n) is 14.4. The van der Waals surface area contributed by atoms with Gasteiger partial charge in [0.1, 0.15) is 5.69 Å². The van der Waals surface area contributed by atoms with E-state index in [0.717, 1.165) is 35.1 Å². The summed E-state index contributed by atoms with van der Waals surface area (Å²) in [4.78, 5) is 18.6. The van der Waals surface area contributed by atoms with Crippen molar-refractivity contribution in [2.75, 3.05) is 6.54 Å². The van der Waals surface area contributed by atoms with Gasteiger partial charge in [0.05, 0.1) is 6.54 Å². The van der Waals surface area contributed by atoms with Crippen LogP contribution in [0.2, 0.25) is 5.02 Å². The average Bonchev–Trinajstić information content (AvgIpc) is 3.18. The maximum atomic E-state index is 13.2. The van der Waals surface area contributed by atoms with E-state index >= 15 is 0 Å². The number of para-hydroxylation sites is 1. The third-order valence-electron chi connectivity index (χ3n) is 5.40. The lowest BCUT2D eigenvalue weighted by atomic mass is 10.0. The fourth-order valence-corrected chi connectivity index (χ4v) is 4.20. The molecule has 1 aliphatic rings. The van der Waals surface area contributed by atoms with Crippen molar-refractivity contribution < 1.29 is 4.79 Å². The topological polar surface area (TPSA) is 41.0 Å². The van der Waals surface area contributed by atoms with Crippen molar-refractivity contribution in [2.24, 2.45) is 7.05 Å². The molecule has 26 heavy (non-hydrogen) atoms. The van der Waals surface area contributed by atoms with Crippen LogP contribution < -0.4 is 0 Å². The number of aryl methyl sites for hydroxylation is 1. The Morgan fingerprint density at radius 2 is 2.00 bits per heavy atom. The number of fused-ring (bicyclic) bond motifs is 4. The van der Waals surface area contributed by atoms with Gasteiger partial charge in [-0.05, 0) is 36.2 Å². The van der Waals surface area contributed by atoms with Gasteiger partial charge in [-0.3, -0.25) is 4.79 Å². The van der Waals surface area contributed by atoms with Gasteiger partial charge in [-0.25, -0.2) is 0 Å². The number of aromatic nitrogens is 2. The molecule has 0 bridgehead atoms. The van der Waals surface area contributed by atoms with Crippen LogP contribution in [0.15, 0.2) is 48.5 Å². The zero-order chi connectivity index (χ0) is 17.8. The van der Waals surface area contributed by atoms with E-state index in [4.69, 9.17) is 11.6 Å². The zero-order valence-corrected chi connectivity index (χ0v) is 15.2. The summed E-state index contributed by atoms with van der Waals surface area (Å²) in [5, 5.41) is 2.98. The molecule has 3 heterocycles. The van der Waals surface area contributed by atoms with E-state index in [1.165, 1.54) is 10.9 Å². The second kappa shape index (κ2) is 5.64. The molecule has 1 aliphatic heterocycles. The molecule has 1 N–H and O–H groups in total. The molecule has 0 fully saturated rings. The van der Waals surface area contributed by atoms with Gasteiger partial charge in [-0.1, -0.05) is 35.9 Å². The van der Waals surface area contributed by atoms with Crippen molar-refractivity contribution in [2.45, 2.75) is 13.0 Å². The minimum atomic E-state index is 0.0594. The molecule has 0 saturated carbocycles. The smallest absolute Gasteiger partial charge is 0.270 e. The van der Waals surface area contributed by atoms with Gasteiger partial charge in [0.25, 0.3) is 5.91 Å². The SMILES string of the molecule is Cn1c(C(=O)N2CCc3c([nH]c4ccccc34)C2)cc2ccc(Cl)cc21. The molecule has 2 aromatic heterocycles. The second-order valence-corrected chi connectivity index (χ2v) is 7.33. The Balaban J connectivity index is 1.51. The van der Waals surface area contributed by atoms with E-state index in [1.54, 1.807) is 0 Å². The molecule has 5 heteroatoms. The summed E-state index contributed by atoms with van der Waals surface area (Å²) in [7, 11) is 1.92. The number of nitrogens with zero attached hydrogens (tertiary/aromatic N) is 2. The lowest BCUT2D eigenvalue weighted by molar-refractivity contribution is 0.0724. The molecular weight excluding hydrogens is 346 g/mol. The summed E-state index contributed by atoms with van der Waals surface area (Å²) >= 11 is 6.11. The van der Waals surface area contributed by atoms with E-state index in [-0.39, 0.29) is 5.91 Å². The number of rotatable bonds is 1. The van der Waals surface area contributed by atoms with Crippen LogP contribution in [0.3, 0.4) is 0 Å². The summed E-state index contributed by atoms with van der Waals surface area (Å²) in [6, 6.07) is 16.0. The van der Waals surface area contributed by atoms with Crippen molar-refractivity contribution in [3.05, 3.63) is 70.5 Å². The van der Waals surface area contributed by atoms with Gasteiger partial charge in [0.15, 0.2) is 0 Å². The number of halogens is 1. The van der Waals surface area contributed by atoms with E-state index in [0.29, 0.717) is 17.3 Å². The number of nitrogens with one attached hydrogen (secondary N) is 1. The Morgan fingerprint density at radius 3 is 2.88 bits per heavy atom. The maximum Gasteiger partial charge on any atom is 0.270 e. The first-order chi connectivity index (χ1) is 12.6. The van der Waals surface area contributed by atoms with Crippen molar-refractivity contribution in [1.29, 1.82) is 0 Å². The molecule has 0 saturated heterocycles. The first-order valence-electron chi connectivity index (χ1n) is 8.74. The first kappa shape index (κ1) is 15.5. The van der Waals surface area contributed by atoms with Crippen LogP contribution >= 0.6 is 11.6 Å². The lowest BCUT2D eigenvalue weighted by Crippen LogP contribution is -2.36. The number of hydrogen-bond acceptors (Lipinski definition) is 1. The standard InChI is InChI=1S/C21H18ClN3O/c1-24-19-11-14(22)7-6-13(19)10-20(24)21(26)25-9-8-16-15-4-2-3-5-17(15)23-18(16)12-25/h2-7,10-11,23H,8-9,12H2,1H3. The molecule has 2 aromatic carbocycles. The van der Waals surface area contributed by atoms with Crippen LogP contribution in [0.4, 0.5) is 0 Å². The summed E-state index contributed by atoms with van der Waals surface area (Å²) in [5.41, 5.74) is 5.30. The number of hydrogen-bond donors (Lipinski definition) is 1. The molecule has 0 unspecified atom stereocenters. The van der Waals surface area contributed by atoms with Gasteiger partial charge >= 0.3 is 0 Å². The monoisotopic (exact) mass is 363 g/mol. The summed E-state index contributed by atoms with van der Waals surface area (Å²) < 4.78 is 1.93. The van der Waals surface area contributed by atoms with Crippen molar-refractivity contribution in [3.8, 4) is 0 Å². The van der Waals surface area contributed by atoms with E-state index < -0.39 is 0 Å². The van der Waals surface area contributed by atoms with Crippen LogP contribution in [-0.4, -0.2) is 26.9 Å². The summed E-state index contributed by atoms with van der Waals surface area (Å²) in [6.07, 6.45) is 0.876. The van der Waals surface area contributed by atoms with Gasteiger partial charge in [0.2, 0.25) is 0 Å². The largest absolute Gasteiger partial charge is 0.357 e. The van der Waals surface area contributed by atoms with E-state index in [2.05, 4.69) is 23.2 Å². The molecule has 130 valence electrons. The number of benzene rings is 2. The normalized spacial score (nSPS) is 14.2. The molecule has 4 nitrogen and oxygen atoms in total. The van der Waals surface area contributed by atoms with Crippen molar-refractivity contribution in [3.63, 3.8) is 0 Å². The quantitative estimate of drug-likeness (QED) is 0.531. The number of amides is 1. The first-order valence-corrected chi connectivity index (χ1v) is 9.12. The molecule has 0 atom stereocenters. The molecular formula is C21H18ClN3O. The minimum Gasteiger partial charge on any atom is -0.357 e. The Labute approximate surface area is 156 Å². The molecule has 0 aliphatic carbocycles.